The summed E-state index contributed by atoms with van der Waals surface area (Å²) in [7, 11) is 0. The van der Waals surface area contributed by atoms with Gasteiger partial charge in [0.05, 0.1) is 6.54 Å². The van der Waals surface area contributed by atoms with Crippen LogP contribution in [0.1, 0.15) is 37.4 Å². The molecule has 0 aromatic carbocycles. The Morgan fingerprint density at radius 2 is 2.35 bits per heavy atom. The van der Waals surface area contributed by atoms with Gasteiger partial charge in [-0.15, -0.1) is 0 Å². The van der Waals surface area contributed by atoms with Crippen LogP contribution >= 0.6 is 0 Å². The molecular weight excluding hydrogens is 216 g/mol. The summed E-state index contributed by atoms with van der Waals surface area (Å²) in [6, 6.07) is 1.43. The third kappa shape index (κ3) is 2.50. The van der Waals surface area contributed by atoms with E-state index in [-0.39, 0.29) is 0 Å². The van der Waals surface area contributed by atoms with Crippen LogP contribution in [0.4, 0.5) is 0 Å². The Kier molecular flexibility index (Phi) is 3.11. The Hall–Kier alpha value is -0.940. The molecule has 5 nitrogen and oxygen atoms in total. The summed E-state index contributed by atoms with van der Waals surface area (Å²) >= 11 is 0. The third-order valence-electron chi connectivity index (χ3n) is 3.94. The first-order valence-electron chi connectivity index (χ1n) is 6.58. The summed E-state index contributed by atoms with van der Waals surface area (Å²) in [6.45, 7) is 5.11. The van der Waals surface area contributed by atoms with E-state index in [9.17, 15) is 0 Å². The van der Waals surface area contributed by atoms with Gasteiger partial charge in [-0.05, 0) is 38.8 Å². The zero-order chi connectivity index (χ0) is 11.7. The smallest absolute Gasteiger partial charge is 0.223 e. The van der Waals surface area contributed by atoms with Crippen LogP contribution < -0.4 is 5.32 Å². The van der Waals surface area contributed by atoms with Gasteiger partial charge in [-0.1, -0.05) is 5.16 Å². The van der Waals surface area contributed by atoms with Gasteiger partial charge in [0.15, 0.2) is 5.82 Å². The number of piperidine rings is 1. The molecule has 5 heteroatoms. The molecule has 1 aromatic rings. The second-order valence-corrected chi connectivity index (χ2v) is 5.16. The fraction of sp³-hybridized carbons (Fsp3) is 0.833. The molecular formula is C12H20N4O. The number of aromatic nitrogens is 2. The third-order valence-corrected chi connectivity index (χ3v) is 3.94. The molecule has 17 heavy (non-hydrogen) atoms. The average Bonchev–Trinajstić information content (AvgIpc) is 2.94. The van der Waals surface area contributed by atoms with E-state index in [1.165, 1.54) is 38.8 Å². The Labute approximate surface area is 102 Å². The van der Waals surface area contributed by atoms with Gasteiger partial charge < -0.3 is 14.7 Å². The molecule has 0 aliphatic carbocycles. The lowest BCUT2D eigenvalue weighted by atomic mass is 9.98. The number of aryl methyl sites for hydroxylation is 1. The minimum absolute atomic E-state index is 0.619. The van der Waals surface area contributed by atoms with E-state index in [0.717, 1.165) is 18.4 Å². The monoisotopic (exact) mass is 236 g/mol. The number of rotatable bonds is 3. The Balaban J connectivity index is 1.49. The highest BCUT2D eigenvalue weighted by atomic mass is 16.5. The molecule has 3 heterocycles. The average molecular weight is 236 g/mol. The lowest BCUT2D eigenvalue weighted by Gasteiger charge is -2.35. The molecule has 3 rings (SSSR count). The fourth-order valence-corrected chi connectivity index (χ4v) is 3.06. The topological polar surface area (TPSA) is 54.2 Å². The molecule has 2 unspecified atom stereocenters. The zero-order valence-electron chi connectivity index (χ0n) is 10.4. The summed E-state index contributed by atoms with van der Waals surface area (Å²) in [5.41, 5.74) is 0. The molecule has 0 spiro atoms. The molecule has 2 aliphatic heterocycles. The standard InChI is InChI=1S/C12H20N4O/c1-9-14-12(15-17-9)8-13-10-4-6-16-5-2-3-11(16)7-10/h10-11,13H,2-8H2,1H3. The number of nitrogens with zero attached hydrogens (tertiary/aromatic N) is 3. The van der Waals surface area contributed by atoms with Crippen molar-refractivity contribution in [3.05, 3.63) is 11.7 Å². The van der Waals surface area contributed by atoms with Crippen molar-refractivity contribution < 1.29 is 4.52 Å². The number of hydrogen-bond donors (Lipinski definition) is 1. The molecule has 0 saturated carbocycles. The first kappa shape index (κ1) is 11.2. The summed E-state index contributed by atoms with van der Waals surface area (Å²) in [5.74, 6) is 1.42. The Morgan fingerprint density at radius 3 is 3.18 bits per heavy atom. The van der Waals surface area contributed by atoms with E-state index in [2.05, 4.69) is 20.4 Å². The van der Waals surface area contributed by atoms with Crippen molar-refractivity contribution in [2.45, 2.75) is 51.2 Å². The second-order valence-electron chi connectivity index (χ2n) is 5.16. The van der Waals surface area contributed by atoms with Crippen LogP contribution in [-0.4, -0.2) is 40.2 Å². The van der Waals surface area contributed by atoms with Gasteiger partial charge >= 0.3 is 0 Å². The van der Waals surface area contributed by atoms with Gasteiger partial charge in [0.25, 0.3) is 0 Å². The van der Waals surface area contributed by atoms with Gasteiger partial charge in [-0.25, -0.2) is 0 Å². The van der Waals surface area contributed by atoms with Crippen molar-refractivity contribution in [2.75, 3.05) is 13.1 Å². The highest BCUT2D eigenvalue weighted by Gasteiger charge is 2.31. The van der Waals surface area contributed by atoms with Crippen molar-refractivity contribution in [3.63, 3.8) is 0 Å². The van der Waals surface area contributed by atoms with Crippen LogP contribution in [0.3, 0.4) is 0 Å². The quantitative estimate of drug-likeness (QED) is 0.851. The van der Waals surface area contributed by atoms with Crippen molar-refractivity contribution in [2.24, 2.45) is 0 Å². The minimum atomic E-state index is 0.619. The minimum Gasteiger partial charge on any atom is -0.340 e. The maximum Gasteiger partial charge on any atom is 0.223 e. The number of fused-ring (bicyclic) bond motifs is 1. The predicted octanol–water partition coefficient (Wildman–Crippen LogP) is 1.09. The van der Waals surface area contributed by atoms with E-state index < -0.39 is 0 Å². The van der Waals surface area contributed by atoms with Crippen LogP contribution in [0.25, 0.3) is 0 Å². The molecule has 2 saturated heterocycles. The van der Waals surface area contributed by atoms with Gasteiger partial charge in [0, 0.05) is 19.0 Å². The van der Waals surface area contributed by atoms with Crippen LogP contribution in [-0.2, 0) is 6.54 Å². The molecule has 2 aliphatic rings. The maximum absolute atomic E-state index is 4.96. The molecule has 2 fully saturated rings. The Bertz CT molecular complexity index is 378. The van der Waals surface area contributed by atoms with Crippen LogP contribution in [0.5, 0.6) is 0 Å². The van der Waals surface area contributed by atoms with Gasteiger partial charge in [0.1, 0.15) is 0 Å². The lowest BCUT2D eigenvalue weighted by Crippen LogP contribution is -2.45. The molecule has 1 aromatic heterocycles. The van der Waals surface area contributed by atoms with Crippen LogP contribution in [0.15, 0.2) is 4.52 Å². The number of nitrogens with one attached hydrogen (secondary N) is 1. The van der Waals surface area contributed by atoms with E-state index in [1.807, 2.05) is 6.92 Å². The molecule has 0 bridgehead atoms. The van der Waals surface area contributed by atoms with E-state index >= 15 is 0 Å². The normalized spacial score (nSPS) is 29.5. The number of hydrogen-bond acceptors (Lipinski definition) is 5. The summed E-state index contributed by atoms with van der Waals surface area (Å²) in [4.78, 5) is 6.85. The largest absolute Gasteiger partial charge is 0.340 e. The van der Waals surface area contributed by atoms with Gasteiger partial charge in [-0.2, -0.15) is 4.98 Å². The van der Waals surface area contributed by atoms with Gasteiger partial charge in [-0.3, -0.25) is 0 Å². The van der Waals surface area contributed by atoms with E-state index in [4.69, 9.17) is 4.52 Å². The molecule has 94 valence electrons. The predicted molar refractivity (Wildman–Crippen MR) is 63.5 cm³/mol. The second kappa shape index (κ2) is 4.74. The Morgan fingerprint density at radius 1 is 1.41 bits per heavy atom. The summed E-state index contributed by atoms with van der Waals surface area (Å²) in [5, 5.41) is 7.46. The van der Waals surface area contributed by atoms with E-state index in [1.54, 1.807) is 0 Å². The van der Waals surface area contributed by atoms with Crippen LogP contribution in [0.2, 0.25) is 0 Å². The highest BCUT2D eigenvalue weighted by Crippen LogP contribution is 2.26. The molecule has 2 atom stereocenters. The highest BCUT2D eigenvalue weighted by molar-refractivity contribution is 4.91. The fourth-order valence-electron chi connectivity index (χ4n) is 3.06. The van der Waals surface area contributed by atoms with Gasteiger partial charge in [0.2, 0.25) is 5.89 Å². The maximum atomic E-state index is 4.96. The van der Waals surface area contributed by atoms with Crippen molar-refractivity contribution in [3.8, 4) is 0 Å². The summed E-state index contributed by atoms with van der Waals surface area (Å²) in [6.07, 6.45) is 5.27. The zero-order valence-corrected chi connectivity index (χ0v) is 10.4. The first-order chi connectivity index (χ1) is 8.31. The van der Waals surface area contributed by atoms with Crippen LogP contribution in [0, 0.1) is 6.92 Å². The first-order valence-corrected chi connectivity index (χ1v) is 6.58. The summed E-state index contributed by atoms with van der Waals surface area (Å²) < 4.78 is 4.96. The van der Waals surface area contributed by atoms with Crippen molar-refractivity contribution >= 4 is 0 Å². The molecule has 1 N–H and O–H groups in total. The van der Waals surface area contributed by atoms with Crippen molar-refractivity contribution in [1.82, 2.24) is 20.4 Å². The lowest BCUT2D eigenvalue weighted by molar-refractivity contribution is 0.166. The van der Waals surface area contributed by atoms with Crippen molar-refractivity contribution in [1.29, 1.82) is 0 Å². The van der Waals surface area contributed by atoms with E-state index in [0.29, 0.717) is 11.9 Å². The SMILES string of the molecule is Cc1nc(CNC2CCN3CCCC3C2)no1. The molecule has 0 amide bonds. The molecule has 0 radical (unpaired) electrons.